The summed E-state index contributed by atoms with van der Waals surface area (Å²) in [5.41, 5.74) is 5.90. The second-order valence-electron chi connectivity index (χ2n) is 7.72. The van der Waals surface area contributed by atoms with Gasteiger partial charge in [-0.2, -0.15) is 0 Å². The van der Waals surface area contributed by atoms with Gasteiger partial charge in [0.1, 0.15) is 0 Å². The maximum atomic E-state index is 13.3. The van der Waals surface area contributed by atoms with Crippen molar-refractivity contribution in [2.75, 3.05) is 0 Å². The highest BCUT2D eigenvalue weighted by Crippen LogP contribution is 2.33. The summed E-state index contributed by atoms with van der Waals surface area (Å²) in [6, 6.07) is 11.7. The lowest BCUT2D eigenvalue weighted by atomic mass is 9.81. The van der Waals surface area contributed by atoms with Gasteiger partial charge in [-0.25, -0.2) is 0 Å². The molecule has 0 spiro atoms. The van der Waals surface area contributed by atoms with Gasteiger partial charge in [0.2, 0.25) is 0 Å². The number of carbonyl (C=O) groups excluding carboxylic acids is 1. The fourth-order valence-corrected chi connectivity index (χ4v) is 3.12. The first-order valence-electron chi connectivity index (χ1n) is 9.18. The number of ketones is 1. The molecule has 0 saturated carbocycles. The molecule has 2 aromatic rings. The molecule has 0 radical (unpaired) electrons. The molecule has 2 nitrogen and oxygen atoms in total. The summed E-state index contributed by atoms with van der Waals surface area (Å²) in [5.74, 6) is 1.08. The van der Waals surface area contributed by atoms with E-state index in [-0.39, 0.29) is 24.2 Å². The van der Waals surface area contributed by atoms with Gasteiger partial charge in [-0.3, -0.25) is 4.79 Å². The summed E-state index contributed by atoms with van der Waals surface area (Å²) in [4.78, 5) is 13.3. The standard InChI is InChI=1S/C23H30O2/c1-14(2)19-11-20(15(3)4)22(21(12-19)16(5)6)23(25)18-9-7-17(13-24)8-10-18/h7-12,14-16,24H,13H2,1-6H3. The van der Waals surface area contributed by atoms with Gasteiger partial charge in [-0.15, -0.1) is 0 Å². The number of aliphatic hydroxyl groups excluding tert-OH is 1. The van der Waals surface area contributed by atoms with Gasteiger partial charge in [-0.05, 0) is 40.0 Å². The highest BCUT2D eigenvalue weighted by molar-refractivity contribution is 6.11. The third-order valence-electron chi connectivity index (χ3n) is 4.76. The summed E-state index contributed by atoms with van der Waals surface area (Å²) in [6.45, 7) is 13.0. The lowest BCUT2D eigenvalue weighted by Crippen LogP contribution is -2.13. The van der Waals surface area contributed by atoms with Crippen LogP contribution in [0, 0.1) is 0 Å². The van der Waals surface area contributed by atoms with Crippen molar-refractivity contribution in [3.8, 4) is 0 Å². The number of benzene rings is 2. The van der Waals surface area contributed by atoms with Crippen molar-refractivity contribution in [1.29, 1.82) is 0 Å². The van der Waals surface area contributed by atoms with Crippen LogP contribution in [0.2, 0.25) is 0 Å². The van der Waals surface area contributed by atoms with Crippen LogP contribution >= 0.6 is 0 Å². The zero-order valence-electron chi connectivity index (χ0n) is 16.3. The van der Waals surface area contributed by atoms with Gasteiger partial charge in [-0.1, -0.05) is 77.9 Å². The predicted octanol–water partition coefficient (Wildman–Crippen LogP) is 5.78. The van der Waals surface area contributed by atoms with Crippen LogP contribution in [-0.2, 0) is 6.61 Å². The lowest BCUT2D eigenvalue weighted by molar-refractivity contribution is 0.103. The SMILES string of the molecule is CC(C)c1cc(C(C)C)c(C(=O)c2ccc(CO)cc2)c(C(C)C)c1. The van der Waals surface area contributed by atoms with E-state index in [1.165, 1.54) is 5.56 Å². The summed E-state index contributed by atoms with van der Waals surface area (Å²) in [5, 5.41) is 9.22. The van der Waals surface area contributed by atoms with E-state index >= 15 is 0 Å². The molecule has 0 aliphatic heterocycles. The van der Waals surface area contributed by atoms with Crippen molar-refractivity contribution in [3.05, 3.63) is 69.8 Å². The van der Waals surface area contributed by atoms with Crippen LogP contribution in [0.15, 0.2) is 36.4 Å². The first-order chi connectivity index (χ1) is 11.8. The lowest BCUT2D eigenvalue weighted by Gasteiger charge is -2.22. The van der Waals surface area contributed by atoms with E-state index in [4.69, 9.17) is 0 Å². The monoisotopic (exact) mass is 338 g/mol. The van der Waals surface area contributed by atoms with Crippen LogP contribution in [0.4, 0.5) is 0 Å². The van der Waals surface area contributed by atoms with Gasteiger partial charge >= 0.3 is 0 Å². The highest BCUT2D eigenvalue weighted by atomic mass is 16.3. The molecule has 0 atom stereocenters. The van der Waals surface area contributed by atoms with E-state index in [9.17, 15) is 9.90 Å². The molecular formula is C23H30O2. The van der Waals surface area contributed by atoms with Crippen LogP contribution < -0.4 is 0 Å². The third-order valence-corrected chi connectivity index (χ3v) is 4.76. The normalized spacial score (nSPS) is 11.6. The molecule has 0 aromatic heterocycles. The van der Waals surface area contributed by atoms with Crippen LogP contribution in [0.5, 0.6) is 0 Å². The van der Waals surface area contributed by atoms with Crippen molar-refractivity contribution < 1.29 is 9.90 Å². The van der Waals surface area contributed by atoms with Gasteiger partial charge in [0.25, 0.3) is 0 Å². The molecule has 0 amide bonds. The summed E-state index contributed by atoms with van der Waals surface area (Å²) < 4.78 is 0. The molecule has 25 heavy (non-hydrogen) atoms. The van der Waals surface area contributed by atoms with Gasteiger partial charge in [0.15, 0.2) is 5.78 Å². The zero-order chi connectivity index (χ0) is 18.7. The van der Waals surface area contributed by atoms with E-state index < -0.39 is 0 Å². The molecule has 1 N–H and O–H groups in total. The first kappa shape index (κ1) is 19.4. The Bertz CT molecular complexity index is 708. The van der Waals surface area contributed by atoms with Gasteiger partial charge in [0.05, 0.1) is 6.61 Å². The van der Waals surface area contributed by atoms with E-state index in [1.807, 2.05) is 24.3 Å². The van der Waals surface area contributed by atoms with Crippen LogP contribution in [0.3, 0.4) is 0 Å². The molecule has 0 unspecified atom stereocenters. The van der Waals surface area contributed by atoms with Crippen molar-refractivity contribution in [3.63, 3.8) is 0 Å². The summed E-state index contributed by atoms with van der Waals surface area (Å²) in [6.07, 6.45) is 0. The third kappa shape index (κ3) is 4.19. The minimum absolute atomic E-state index is 0.00789. The molecule has 2 rings (SSSR count). The average Bonchev–Trinajstić information content (AvgIpc) is 2.59. The average molecular weight is 338 g/mol. The Morgan fingerprint density at radius 1 is 0.840 bits per heavy atom. The molecule has 134 valence electrons. The fourth-order valence-electron chi connectivity index (χ4n) is 3.12. The Balaban J connectivity index is 2.65. The summed E-state index contributed by atoms with van der Waals surface area (Å²) in [7, 11) is 0. The van der Waals surface area contributed by atoms with Gasteiger partial charge in [0, 0.05) is 11.1 Å². The Morgan fingerprint density at radius 3 is 1.68 bits per heavy atom. The van der Waals surface area contributed by atoms with Crippen molar-refractivity contribution in [1.82, 2.24) is 0 Å². The summed E-state index contributed by atoms with van der Waals surface area (Å²) >= 11 is 0. The Kier molecular flexibility index (Phi) is 6.18. The Hall–Kier alpha value is -1.93. The number of carbonyl (C=O) groups is 1. The molecule has 0 bridgehead atoms. The number of aliphatic hydroxyl groups is 1. The molecule has 0 aliphatic rings. The predicted molar refractivity (Wildman–Crippen MR) is 105 cm³/mol. The van der Waals surface area contributed by atoms with E-state index in [0.717, 1.165) is 22.3 Å². The molecular weight excluding hydrogens is 308 g/mol. The van der Waals surface area contributed by atoms with Crippen molar-refractivity contribution in [2.45, 2.75) is 65.9 Å². The Morgan fingerprint density at radius 2 is 1.32 bits per heavy atom. The van der Waals surface area contributed by atoms with E-state index in [2.05, 4.69) is 53.7 Å². The molecule has 0 fully saturated rings. The zero-order valence-corrected chi connectivity index (χ0v) is 16.3. The topological polar surface area (TPSA) is 37.3 Å². The first-order valence-corrected chi connectivity index (χ1v) is 9.18. The van der Waals surface area contributed by atoms with Crippen molar-refractivity contribution >= 4 is 5.78 Å². The quantitative estimate of drug-likeness (QED) is 0.678. The second kappa shape index (κ2) is 7.97. The highest BCUT2D eigenvalue weighted by Gasteiger charge is 2.23. The van der Waals surface area contributed by atoms with E-state index in [0.29, 0.717) is 11.5 Å². The fraction of sp³-hybridized carbons (Fsp3) is 0.435. The van der Waals surface area contributed by atoms with Crippen LogP contribution in [-0.4, -0.2) is 10.9 Å². The number of rotatable bonds is 6. The van der Waals surface area contributed by atoms with Crippen molar-refractivity contribution in [2.24, 2.45) is 0 Å². The molecule has 2 heteroatoms. The van der Waals surface area contributed by atoms with Gasteiger partial charge < -0.3 is 5.11 Å². The van der Waals surface area contributed by atoms with Crippen LogP contribution in [0.1, 0.15) is 97.5 Å². The van der Waals surface area contributed by atoms with Crippen LogP contribution in [0.25, 0.3) is 0 Å². The Labute approximate surface area is 151 Å². The largest absolute Gasteiger partial charge is 0.392 e. The minimum atomic E-state index is -0.00789. The number of hydrogen-bond acceptors (Lipinski definition) is 2. The molecule has 0 aliphatic carbocycles. The molecule has 0 saturated heterocycles. The molecule has 2 aromatic carbocycles. The van der Waals surface area contributed by atoms with E-state index in [1.54, 1.807) is 0 Å². The maximum Gasteiger partial charge on any atom is 0.193 e. The number of hydrogen-bond donors (Lipinski definition) is 1. The smallest absolute Gasteiger partial charge is 0.193 e. The maximum absolute atomic E-state index is 13.3. The minimum Gasteiger partial charge on any atom is -0.392 e. The molecule has 0 heterocycles. The second-order valence-corrected chi connectivity index (χ2v) is 7.72.